The van der Waals surface area contributed by atoms with Gasteiger partial charge in [-0.3, -0.25) is 4.79 Å². The quantitative estimate of drug-likeness (QED) is 0.283. The zero-order chi connectivity index (χ0) is 35.6. The normalized spacial score (nSPS) is 22.4. The van der Waals surface area contributed by atoms with Crippen molar-refractivity contribution in [2.24, 2.45) is 5.92 Å². The molecule has 1 aliphatic carbocycles. The number of aliphatic hydroxyl groups excluding tert-OH is 1. The summed E-state index contributed by atoms with van der Waals surface area (Å²) in [7, 11) is 1.71. The van der Waals surface area contributed by atoms with E-state index in [-0.39, 0.29) is 62.5 Å². The number of fused-ring (bicyclic) bond motifs is 2. The lowest BCUT2D eigenvalue weighted by molar-refractivity contribution is -0.0115. The van der Waals surface area contributed by atoms with Gasteiger partial charge in [0.25, 0.3) is 5.91 Å². The number of rotatable bonds is 7. The molecule has 3 aliphatic rings. The molecule has 0 bridgehead atoms. The summed E-state index contributed by atoms with van der Waals surface area (Å²) in [6, 6.07) is 9.36. The van der Waals surface area contributed by atoms with E-state index < -0.39 is 12.1 Å². The van der Waals surface area contributed by atoms with Gasteiger partial charge in [0.05, 0.1) is 30.4 Å². The average molecular weight is 696 g/mol. The molecular weight excluding hydrogens is 642 g/mol. The number of likely N-dealkylation sites (N-methyl/N-ethyl adjacent to an activating group) is 1. The van der Waals surface area contributed by atoms with Crippen LogP contribution in [0.1, 0.15) is 82.5 Å². The second kappa shape index (κ2) is 17.6. The number of urea groups is 2. The molecule has 0 aromatic heterocycles. The molecule has 2 aliphatic heterocycles. The average Bonchev–Trinajstić information content (AvgIpc) is 3.58. The van der Waals surface area contributed by atoms with Crippen molar-refractivity contribution in [1.29, 1.82) is 0 Å². The molecule has 13 nitrogen and oxygen atoms in total. The molecule has 0 saturated heterocycles. The van der Waals surface area contributed by atoms with Crippen LogP contribution >= 0.6 is 0 Å². The van der Waals surface area contributed by atoms with Gasteiger partial charge in [-0.05, 0) is 76.3 Å². The molecule has 0 unspecified atom stereocenters. The summed E-state index contributed by atoms with van der Waals surface area (Å²) in [5, 5.41) is 19.1. The highest BCUT2D eigenvalue weighted by Gasteiger charge is 2.31. The minimum absolute atomic E-state index is 0.137. The highest BCUT2D eigenvalue weighted by molar-refractivity contribution is 5.99. The highest BCUT2D eigenvalue weighted by Crippen LogP contribution is 2.34. The Morgan fingerprint density at radius 2 is 1.64 bits per heavy atom. The molecule has 50 heavy (non-hydrogen) atoms. The molecule has 1 fully saturated rings. The van der Waals surface area contributed by atoms with Gasteiger partial charge in [-0.2, -0.15) is 0 Å². The maximum atomic E-state index is 14.4. The molecule has 4 atom stereocenters. The number of ether oxygens (including phenoxy) is 4. The van der Waals surface area contributed by atoms with Gasteiger partial charge < -0.3 is 49.8 Å². The summed E-state index contributed by atoms with van der Waals surface area (Å²) in [6.45, 7) is 6.63. The molecule has 0 radical (unpaired) electrons. The number of carbonyl (C=O) groups is 3. The van der Waals surface area contributed by atoms with Crippen LogP contribution < -0.4 is 30.2 Å². The van der Waals surface area contributed by atoms with Crippen LogP contribution in [0.25, 0.3) is 0 Å². The summed E-state index contributed by atoms with van der Waals surface area (Å²) in [6.07, 6.45) is 7.11. The van der Waals surface area contributed by atoms with Crippen molar-refractivity contribution in [3.8, 4) is 17.2 Å². The first-order valence-electron chi connectivity index (χ1n) is 17.9. The maximum Gasteiger partial charge on any atom is 0.321 e. The van der Waals surface area contributed by atoms with Crippen LogP contribution in [-0.4, -0.2) is 97.3 Å². The summed E-state index contributed by atoms with van der Waals surface area (Å²) in [5.74, 6) is 1.08. The number of aliphatic hydroxyl groups is 1. The van der Waals surface area contributed by atoms with Crippen LogP contribution in [0.3, 0.4) is 0 Å². The number of benzene rings is 2. The van der Waals surface area contributed by atoms with Crippen molar-refractivity contribution in [2.45, 2.75) is 96.4 Å². The molecule has 13 heteroatoms. The molecule has 2 heterocycles. The van der Waals surface area contributed by atoms with Crippen LogP contribution in [0.15, 0.2) is 36.4 Å². The third kappa shape index (κ3) is 9.94. The smallest absolute Gasteiger partial charge is 0.321 e. The van der Waals surface area contributed by atoms with Crippen LogP contribution in [-0.2, 0) is 4.74 Å². The lowest BCUT2D eigenvalue weighted by Gasteiger charge is -2.35. The van der Waals surface area contributed by atoms with Crippen LogP contribution in [0, 0.1) is 5.92 Å². The largest absolute Gasteiger partial charge is 0.490 e. The molecule has 2 aromatic rings. The van der Waals surface area contributed by atoms with Crippen molar-refractivity contribution < 1.29 is 38.4 Å². The van der Waals surface area contributed by atoms with E-state index in [0.717, 1.165) is 44.9 Å². The Balaban J connectivity index is 1.33. The minimum Gasteiger partial charge on any atom is -0.490 e. The van der Waals surface area contributed by atoms with Gasteiger partial charge in [0, 0.05) is 56.1 Å². The van der Waals surface area contributed by atoms with Crippen molar-refractivity contribution in [2.75, 3.05) is 50.8 Å². The van der Waals surface area contributed by atoms with E-state index in [9.17, 15) is 19.5 Å². The molecule has 4 N–H and O–H groups in total. The Labute approximate surface area is 294 Å². The second-order valence-electron chi connectivity index (χ2n) is 13.8. The zero-order valence-corrected chi connectivity index (χ0v) is 29.7. The Kier molecular flexibility index (Phi) is 13.1. The summed E-state index contributed by atoms with van der Waals surface area (Å²) in [5.41, 5.74) is 1.35. The lowest BCUT2D eigenvalue weighted by Crippen LogP contribution is -2.48. The van der Waals surface area contributed by atoms with Crippen LogP contribution in [0.2, 0.25) is 0 Å². The Bertz CT molecular complexity index is 1470. The molecule has 2 aromatic carbocycles. The van der Waals surface area contributed by atoms with Gasteiger partial charge in [-0.25, -0.2) is 9.59 Å². The fraction of sp³-hybridized carbons (Fsp3) is 0.595. The Hall–Kier alpha value is -4.23. The lowest BCUT2D eigenvalue weighted by atomic mass is 9.96. The van der Waals surface area contributed by atoms with E-state index in [0.29, 0.717) is 40.8 Å². The van der Waals surface area contributed by atoms with E-state index in [1.807, 2.05) is 13.8 Å². The molecule has 1 saturated carbocycles. The van der Waals surface area contributed by atoms with E-state index in [1.54, 1.807) is 60.2 Å². The molecular formula is C37H53N5O8. The minimum atomic E-state index is -0.526. The standard InChI is InChI=1S/C37H53N5O8/c1-24-20-42(25(2)22-43)35(44)30-18-28(39-36(45)38-27-11-6-5-7-12-27)13-15-31(30)50-26(3)10-8-9-17-47-34(24)21-41(4)37(46)40-29-14-16-32-33(19-29)49-23-48-32/h13-16,18-19,24-27,34,43H,5-12,17,20-23H2,1-4H3,(H,40,46)(H2,38,39,45)/t24-,25-,26-,34-/m0/s1. The van der Waals surface area contributed by atoms with Crippen LogP contribution in [0.5, 0.6) is 17.2 Å². The number of anilines is 2. The first-order valence-corrected chi connectivity index (χ1v) is 17.9. The van der Waals surface area contributed by atoms with Gasteiger partial charge in [0.2, 0.25) is 6.79 Å². The second-order valence-corrected chi connectivity index (χ2v) is 13.8. The maximum absolute atomic E-state index is 14.4. The number of nitrogens with zero attached hydrogens (tertiary/aromatic N) is 2. The summed E-state index contributed by atoms with van der Waals surface area (Å²) < 4.78 is 23.5. The number of amides is 5. The van der Waals surface area contributed by atoms with Crippen LogP contribution in [0.4, 0.5) is 21.0 Å². The number of hydrogen-bond donors (Lipinski definition) is 4. The molecule has 274 valence electrons. The van der Waals surface area contributed by atoms with Gasteiger partial charge in [-0.15, -0.1) is 0 Å². The first-order chi connectivity index (χ1) is 24.1. The highest BCUT2D eigenvalue weighted by atomic mass is 16.7. The fourth-order valence-corrected chi connectivity index (χ4v) is 6.61. The summed E-state index contributed by atoms with van der Waals surface area (Å²) >= 11 is 0. The molecule has 5 rings (SSSR count). The molecule has 5 amide bonds. The van der Waals surface area contributed by atoms with Crippen molar-refractivity contribution >= 4 is 29.3 Å². The van der Waals surface area contributed by atoms with Gasteiger partial charge >= 0.3 is 12.1 Å². The Morgan fingerprint density at radius 3 is 2.40 bits per heavy atom. The van der Waals surface area contributed by atoms with Gasteiger partial charge in [-0.1, -0.05) is 26.2 Å². The van der Waals surface area contributed by atoms with E-state index >= 15 is 0 Å². The van der Waals surface area contributed by atoms with Gasteiger partial charge in [0.1, 0.15) is 5.75 Å². The van der Waals surface area contributed by atoms with E-state index in [4.69, 9.17) is 18.9 Å². The number of carbonyl (C=O) groups excluding carboxylic acids is 3. The van der Waals surface area contributed by atoms with Crippen molar-refractivity contribution in [3.05, 3.63) is 42.0 Å². The fourth-order valence-electron chi connectivity index (χ4n) is 6.61. The van der Waals surface area contributed by atoms with E-state index in [1.165, 1.54) is 6.42 Å². The first kappa shape index (κ1) is 37.0. The predicted octanol–water partition coefficient (Wildman–Crippen LogP) is 5.83. The Morgan fingerprint density at radius 1 is 0.940 bits per heavy atom. The monoisotopic (exact) mass is 695 g/mol. The van der Waals surface area contributed by atoms with Crippen molar-refractivity contribution in [1.82, 2.24) is 15.1 Å². The third-order valence-corrected chi connectivity index (χ3v) is 9.67. The molecule has 0 spiro atoms. The zero-order valence-electron chi connectivity index (χ0n) is 29.7. The summed E-state index contributed by atoms with van der Waals surface area (Å²) in [4.78, 5) is 43.8. The SMILES string of the molecule is C[C@H]1CCCCO[C@@H](CN(C)C(=O)Nc2ccc3c(c2)OCO3)[C@@H](C)CN([C@@H](C)CO)C(=O)c2cc(NC(=O)NC3CCCCC3)ccc2O1. The van der Waals surface area contributed by atoms with Crippen molar-refractivity contribution in [3.63, 3.8) is 0 Å². The topological polar surface area (TPSA) is 151 Å². The number of nitrogens with one attached hydrogen (secondary N) is 3. The number of hydrogen-bond acceptors (Lipinski definition) is 8. The third-order valence-electron chi connectivity index (χ3n) is 9.67. The van der Waals surface area contributed by atoms with E-state index in [2.05, 4.69) is 16.0 Å². The predicted molar refractivity (Wildman–Crippen MR) is 190 cm³/mol. The van der Waals surface area contributed by atoms with Gasteiger partial charge in [0.15, 0.2) is 11.5 Å².